The van der Waals surface area contributed by atoms with Crippen LogP contribution in [0.2, 0.25) is 0 Å². The van der Waals surface area contributed by atoms with E-state index in [0.29, 0.717) is 13.0 Å². The molecule has 0 radical (unpaired) electrons. The van der Waals surface area contributed by atoms with E-state index in [2.05, 4.69) is 10.3 Å². The van der Waals surface area contributed by atoms with Gasteiger partial charge in [-0.1, -0.05) is 6.92 Å². The number of ether oxygens (including phenoxy) is 1. The Kier molecular flexibility index (Phi) is 6.26. The van der Waals surface area contributed by atoms with Crippen LogP contribution in [0.1, 0.15) is 19.8 Å². The van der Waals surface area contributed by atoms with Crippen LogP contribution in [0.25, 0.3) is 0 Å². The quantitative estimate of drug-likeness (QED) is 0.503. The Morgan fingerprint density at radius 1 is 1.50 bits per heavy atom. The molecule has 1 unspecified atom stereocenters. The van der Waals surface area contributed by atoms with Gasteiger partial charge in [-0.3, -0.25) is 14.3 Å². The lowest BCUT2D eigenvalue weighted by atomic mass is 10.1. The maximum atomic E-state index is 11.8. The molecule has 0 saturated heterocycles. The van der Waals surface area contributed by atoms with Crippen LogP contribution < -0.4 is 22.3 Å². The van der Waals surface area contributed by atoms with Crippen LogP contribution in [-0.4, -0.2) is 41.0 Å². The molecule has 0 bridgehead atoms. The lowest BCUT2D eigenvalue weighted by molar-refractivity contribution is 0.186. The summed E-state index contributed by atoms with van der Waals surface area (Å²) >= 11 is 0. The van der Waals surface area contributed by atoms with Crippen LogP contribution in [0, 0.1) is 0 Å². The molecule has 8 nitrogen and oxygen atoms in total. The highest BCUT2D eigenvalue weighted by Crippen LogP contribution is 2.13. The summed E-state index contributed by atoms with van der Waals surface area (Å²) in [6, 6.07) is -0.0863. The van der Waals surface area contributed by atoms with Gasteiger partial charge in [0.05, 0.1) is 13.2 Å². The van der Waals surface area contributed by atoms with Gasteiger partial charge in [-0.05, 0) is 12.8 Å². The molecule has 0 aliphatic carbocycles. The first kappa shape index (κ1) is 16.3. The first-order valence-corrected chi connectivity index (χ1v) is 6.54. The topological polar surface area (TPSA) is 122 Å². The number of aromatic nitrogens is 2. The normalized spacial score (nSPS) is 12.3. The second-order valence-electron chi connectivity index (χ2n) is 4.43. The molecular formula is C12H22N4O4. The minimum Gasteiger partial charge on any atom is -0.396 e. The standard InChI is InChI=1S/C12H22N4O4/c1-3-8(4-6-17)14-9-10(13)16(5-7-20-2)12(19)15-11(9)18/h8,14,17H,3-7,13H2,1-2H3,(H,15,18,19). The number of hydrogen-bond acceptors (Lipinski definition) is 6. The summed E-state index contributed by atoms with van der Waals surface area (Å²) in [5.41, 5.74) is 4.92. The molecule has 5 N–H and O–H groups in total. The maximum Gasteiger partial charge on any atom is 0.330 e. The van der Waals surface area contributed by atoms with E-state index in [1.54, 1.807) is 0 Å². The van der Waals surface area contributed by atoms with Crippen molar-refractivity contribution < 1.29 is 9.84 Å². The molecule has 0 aromatic carbocycles. The lowest BCUT2D eigenvalue weighted by Gasteiger charge is -2.19. The van der Waals surface area contributed by atoms with E-state index in [-0.39, 0.29) is 30.7 Å². The molecule has 1 aromatic heterocycles. The van der Waals surface area contributed by atoms with E-state index in [0.717, 1.165) is 6.42 Å². The van der Waals surface area contributed by atoms with Gasteiger partial charge in [-0.15, -0.1) is 0 Å². The van der Waals surface area contributed by atoms with Crippen molar-refractivity contribution in [3.8, 4) is 0 Å². The zero-order chi connectivity index (χ0) is 15.1. The van der Waals surface area contributed by atoms with Gasteiger partial charge in [0.1, 0.15) is 11.5 Å². The molecule has 0 aliphatic rings. The second-order valence-corrected chi connectivity index (χ2v) is 4.43. The van der Waals surface area contributed by atoms with Crippen molar-refractivity contribution in [2.24, 2.45) is 0 Å². The van der Waals surface area contributed by atoms with Crippen molar-refractivity contribution in [2.45, 2.75) is 32.4 Å². The van der Waals surface area contributed by atoms with Gasteiger partial charge < -0.3 is 20.9 Å². The molecule has 0 fully saturated rings. The fraction of sp³-hybridized carbons (Fsp3) is 0.667. The van der Waals surface area contributed by atoms with E-state index < -0.39 is 11.2 Å². The van der Waals surface area contributed by atoms with Crippen molar-refractivity contribution in [2.75, 3.05) is 31.4 Å². The first-order chi connectivity index (χ1) is 9.54. The summed E-state index contributed by atoms with van der Waals surface area (Å²) in [5.74, 6) is 0.0761. The molecule has 1 aromatic rings. The number of rotatable bonds is 8. The Bertz CT molecular complexity index is 537. The van der Waals surface area contributed by atoms with Crippen molar-refractivity contribution >= 4 is 11.5 Å². The van der Waals surface area contributed by atoms with Gasteiger partial charge in [0.15, 0.2) is 0 Å². The summed E-state index contributed by atoms with van der Waals surface area (Å²) in [6.45, 7) is 2.50. The van der Waals surface area contributed by atoms with Crippen LogP contribution in [0.3, 0.4) is 0 Å². The van der Waals surface area contributed by atoms with E-state index in [1.807, 2.05) is 6.92 Å². The van der Waals surface area contributed by atoms with Crippen LogP contribution in [0.4, 0.5) is 11.5 Å². The SMILES string of the molecule is CCC(CCO)Nc1c(N)n(CCOC)c(=O)[nH]c1=O. The molecule has 0 spiro atoms. The third-order valence-electron chi connectivity index (χ3n) is 3.08. The number of methoxy groups -OCH3 is 1. The Morgan fingerprint density at radius 2 is 2.20 bits per heavy atom. The molecule has 8 heteroatoms. The zero-order valence-electron chi connectivity index (χ0n) is 11.8. The minimum absolute atomic E-state index is 0.00658. The Hall–Kier alpha value is -1.80. The van der Waals surface area contributed by atoms with Gasteiger partial charge in [-0.25, -0.2) is 4.79 Å². The van der Waals surface area contributed by atoms with Crippen molar-refractivity contribution in [1.29, 1.82) is 0 Å². The second kappa shape index (κ2) is 7.71. The summed E-state index contributed by atoms with van der Waals surface area (Å²) in [6.07, 6.45) is 1.21. The molecule has 1 rings (SSSR count). The molecule has 20 heavy (non-hydrogen) atoms. The number of nitrogens with zero attached hydrogens (tertiary/aromatic N) is 1. The van der Waals surface area contributed by atoms with E-state index in [1.165, 1.54) is 11.7 Å². The molecule has 114 valence electrons. The van der Waals surface area contributed by atoms with Gasteiger partial charge in [0.2, 0.25) is 0 Å². The van der Waals surface area contributed by atoms with Crippen LogP contribution in [-0.2, 0) is 11.3 Å². The molecule has 1 heterocycles. The number of anilines is 2. The summed E-state index contributed by atoms with van der Waals surface area (Å²) in [5, 5.41) is 12.0. The van der Waals surface area contributed by atoms with Gasteiger partial charge in [0, 0.05) is 19.8 Å². The largest absolute Gasteiger partial charge is 0.396 e. The third-order valence-corrected chi connectivity index (χ3v) is 3.08. The van der Waals surface area contributed by atoms with Crippen LogP contribution in [0.15, 0.2) is 9.59 Å². The summed E-state index contributed by atoms with van der Waals surface area (Å²) < 4.78 is 6.15. The fourth-order valence-corrected chi connectivity index (χ4v) is 1.87. The number of nitrogens with two attached hydrogens (primary N) is 1. The summed E-state index contributed by atoms with van der Waals surface area (Å²) in [7, 11) is 1.51. The molecule has 1 atom stereocenters. The number of aromatic amines is 1. The smallest absolute Gasteiger partial charge is 0.330 e. The zero-order valence-corrected chi connectivity index (χ0v) is 11.8. The Labute approximate surface area is 116 Å². The highest BCUT2D eigenvalue weighted by Gasteiger charge is 2.15. The van der Waals surface area contributed by atoms with Gasteiger partial charge in [-0.2, -0.15) is 0 Å². The number of nitrogen functional groups attached to an aromatic ring is 1. The Balaban J connectivity index is 3.12. The van der Waals surface area contributed by atoms with Crippen molar-refractivity contribution in [3.05, 3.63) is 20.8 Å². The molecular weight excluding hydrogens is 264 g/mol. The first-order valence-electron chi connectivity index (χ1n) is 6.54. The van der Waals surface area contributed by atoms with Crippen LogP contribution in [0.5, 0.6) is 0 Å². The lowest BCUT2D eigenvalue weighted by Crippen LogP contribution is -2.36. The Morgan fingerprint density at radius 3 is 2.75 bits per heavy atom. The van der Waals surface area contributed by atoms with E-state index in [4.69, 9.17) is 15.6 Å². The van der Waals surface area contributed by atoms with E-state index in [9.17, 15) is 9.59 Å². The highest BCUT2D eigenvalue weighted by molar-refractivity contribution is 5.60. The predicted molar refractivity (Wildman–Crippen MR) is 77.0 cm³/mol. The molecule has 0 saturated carbocycles. The number of hydrogen-bond donors (Lipinski definition) is 4. The van der Waals surface area contributed by atoms with Crippen LogP contribution >= 0.6 is 0 Å². The van der Waals surface area contributed by atoms with Crippen molar-refractivity contribution in [3.63, 3.8) is 0 Å². The number of H-pyrrole nitrogens is 1. The van der Waals surface area contributed by atoms with Gasteiger partial charge >= 0.3 is 5.69 Å². The number of aliphatic hydroxyl groups excluding tert-OH is 1. The predicted octanol–water partition coefficient (Wildman–Crippen LogP) is -0.662. The monoisotopic (exact) mass is 286 g/mol. The highest BCUT2D eigenvalue weighted by atomic mass is 16.5. The average molecular weight is 286 g/mol. The maximum absolute atomic E-state index is 11.8. The van der Waals surface area contributed by atoms with Crippen molar-refractivity contribution in [1.82, 2.24) is 9.55 Å². The number of aliphatic hydroxyl groups is 1. The molecule has 0 aliphatic heterocycles. The average Bonchev–Trinajstić information content (AvgIpc) is 2.42. The fourth-order valence-electron chi connectivity index (χ4n) is 1.87. The van der Waals surface area contributed by atoms with E-state index >= 15 is 0 Å². The summed E-state index contributed by atoms with van der Waals surface area (Å²) in [4.78, 5) is 25.8. The number of nitrogens with one attached hydrogen (secondary N) is 2. The third kappa shape index (κ3) is 3.84. The van der Waals surface area contributed by atoms with Gasteiger partial charge in [0.25, 0.3) is 5.56 Å². The minimum atomic E-state index is -0.565. The molecule has 0 amide bonds.